The molecule has 0 saturated carbocycles. The van der Waals surface area contributed by atoms with Gasteiger partial charge in [0.2, 0.25) is 0 Å². The number of benzene rings is 2. The number of amides is 1. The molecule has 1 heterocycles. The Kier molecular flexibility index (Phi) is 5.61. The van der Waals surface area contributed by atoms with Crippen LogP contribution < -0.4 is 14.4 Å². The Morgan fingerprint density at radius 3 is 2.27 bits per heavy atom. The molecule has 1 fully saturated rings. The van der Waals surface area contributed by atoms with Crippen LogP contribution in [0, 0.1) is 5.82 Å². The Bertz CT molecular complexity index is 760. The minimum atomic E-state index is -0.619. The maximum atomic E-state index is 13.9. The highest BCUT2D eigenvalue weighted by Crippen LogP contribution is 2.27. The monoisotopic (exact) mass is 358 g/mol. The first kappa shape index (κ1) is 18.0. The van der Waals surface area contributed by atoms with Crippen molar-refractivity contribution in [3.63, 3.8) is 0 Å². The van der Waals surface area contributed by atoms with Gasteiger partial charge in [-0.3, -0.25) is 4.79 Å². The van der Waals surface area contributed by atoms with Crippen LogP contribution in [-0.2, 0) is 4.79 Å². The summed E-state index contributed by atoms with van der Waals surface area (Å²) in [5, 5.41) is 0. The first-order valence-corrected chi connectivity index (χ1v) is 8.68. The van der Waals surface area contributed by atoms with E-state index in [1.165, 1.54) is 6.07 Å². The average Bonchev–Trinajstić information content (AvgIpc) is 2.68. The Morgan fingerprint density at radius 2 is 1.62 bits per heavy atom. The zero-order chi connectivity index (χ0) is 18.5. The number of hydrogen-bond acceptors (Lipinski definition) is 4. The van der Waals surface area contributed by atoms with Crippen LogP contribution in [0.25, 0.3) is 0 Å². The minimum Gasteiger partial charge on any atom is -0.493 e. The van der Waals surface area contributed by atoms with Crippen LogP contribution in [0.1, 0.15) is 6.92 Å². The number of halogens is 1. The number of para-hydroxylation sites is 3. The summed E-state index contributed by atoms with van der Waals surface area (Å²) >= 11 is 0. The van der Waals surface area contributed by atoms with Crippen LogP contribution >= 0.6 is 0 Å². The van der Waals surface area contributed by atoms with Crippen molar-refractivity contribution in [2.45, 2.75) is 13.0 Å². The van der Waals surface area contributed by atoms with Crippen LogP contribution in [0.3, 0.4) is 0 Å². The van der Waals surface area contributed by atoms with Gasteiger partial charge in [-0.25, -0.2) is 4.39 Å². The molecule has 138 valence electrons. The molecule has 0 radical (unpaired) electrons. The molecule has 0 bridgehead atoms. The van der Waals surface area contributed by atoms with E-state index in [0.29, 0.717) is 43.4 Å². The van der Waals surface area contributed by atoms with E-state index in [0.717, 1.165) is 0 Å². The molecule has 1 aliphatic rings. The number of methoxy groups -OCH3 is 1. The number of nitrogens with zero attached hydrogens (tertiary/aromatic N) is 2. The molecule has 6 heteroatoms. The van der Waals surface area contributed by atoms with Gasteiger partial charge < -0.3 is 19.3 Å². The lowest BCUT2D eigenvalue weighted by Crippen LogP contribution is -2.52. The average molecular weight is 358 g/mol. The third-order valence-electron chi connectivity index (χ3n) is 4.51. The van der Waals surface area contributed by atoms with Crippen molar-refractivity contribution in [1.82, 2.24) is 4.90 Å². The van der Waals surface area contributed by atoms with Gasteiger partial charge in [0.05, 0.1) is 12.8 Å². The first-order chi connectivity index (χ1) is 12.6. The highest BCUT2D eigenvalue weighted by Gasteiger charge is 2.27. The molecule has 0 aliphatic carbocycles. The van der Waals surface area contributed by atoms with E-state index in [-0.39, 0.29) is 11.7 Å². The quantitative estimate of drug-likeness (QED) is 0.824. The van der Waals surface area contributed by atoms with Gasteiger partial charge in [-0.1, -0.05) is 24.3 Å². The number of hydrogen-bond donors (Lipinski definition) is 0. The zero-order valence-electron chi connectivity index (χ0n) is 15.0. The number of ether oxygens (including phenoxy) is 2. The summed E-state index contributed by atoms with van der Waals surface area (Å²) in [7, 11) is 1.57. The van der Waals surface area contributed by atoms with Crippen molar-refractivity contribution in [1.29, 1.82) is 0 Å². The van der Waals surface area contributed by atoms with E-state index < -0.39 is 6.10 Å². The molecule has 1 atom stereocenters. The van der Waals surface area contributed by atoms with Gasteiger partial charge >= 0.3 is 0 Å². The smallest absolute Gasteiger partial charge is 0.263 e. The van der Waals surface area contributed by atoms with E-state index in [1.807, 2.05) is 23.1 Å². The standard InChI is InChI=1S/C20H23FN2O3/c1-15(26-19-10-6-5-9-18(19)25-2)20(24)23-13-11-22(12-14-23)17-8-4-3-7-16(17)21/h3-10,15H,11-14H2,1-2H3/t15-/m1/s1. The third-order valence-corrected chi connectivity index (χ3v) is 4.51. The predicted octanol–water partition coefficient (Wildman–Crippen LogP) is 2.95. The normalized spacial score (nSPS) is 15.5. The molecule has 2 aromatic carbocycles. The second-order valence-corrected chi connectivity index (χ2v) is 6.17. The summed E-state index contributed by atoms with van der Waals surface area (Å²) in [5.41, 5.74) is 0.581. The van der Waals surface area contributed by atoms with Crippen LogP contribution in [0.5, 0.6) is 11.5 Å². The van der Waals surface area contributed by atoms with Crippen LogP contribution in [0.2, 0.25) is 0 Å². The molecule has 2 aromatic rings. The molecule has 1 aliphatic heterocycles. The third kappa shape index (κ3) is 3.90. The van der Waals surface area contributed by atoms with Crippen LogP contribution in [0.4, 0.5) is 10.1 Å². The second-order valence-electron chi connectivity index (χ2n) is 6.17. The number of carbonyl (C=O) groups excluding carboxylic acids is 1. The number of anilines is 1. The van der Waals surface area contributed by atoms with Crippen molar-refractivity contribution in [2.75, 3.05) is 38.2 Å². The molecule has 1 saturated heterocycles. The van der Waals surface area contributed by atoms with Crippen molar-refractivity contribution >= 4 is 11.6 Å². The molecule has 0 N–H and O–H groups in total. The van der Waals surface area contributed by atoms with Gasteiger partial charge in [0.25, 0.3) is 5.91 Å². The van der Waals surface area contributed by atoms with Gasteiger partial charge in [-0.2, -0.15) is 0 Å². The molecule has 5 nitrogen and oxygen atoms in total. The number of carbonyl (C=O) groups is 1. The molecule has 26 heavy (non-hydrogen) atoms. The summed E-state index contributed by atoms with van der Waals surface area (Å²) in [6, 6.07) is 14.0. The maximum absolute atomic E-state index is 13.9. The van der Waals surface area contributed by atoms with E-state index in [1.54, 1.807) is 43.2 Å². The lowest BCUT2D eigenvalue weighted by Gasteiger charge is -2.37. The van der Waals surface area contributed by atoms with Gasteiger partial charge in [0.1, 0.15) is 5.82 Å². The summed E-state index contributed by atoms with van der Waals surface area (Å²) in [5.74, 6) is 0.821. The van der Waals surface area contributed by atoms with Gasteiger partial charge in [0.15, 0.2) is 17.6 Å². The topological polar surface area (TPSA) is 42.0 Å². The predicted molar refractivity (Wildman–Crippen MR) is 98.3 cm³/mol. The maximum Gasteiger partial charge on any atom is 0.263 e. The summed E-state index contributed by atoms with van der Waals surface area (Å²) < 4.78 is 25.0. The van der Waals surface area contributed by atoms with Gasteiger partial charge in [-0.15, -0.1) is 0 Å². The Labute approximate surface area is 152 Å². The van der Waals surface area contributed by atoms with Crippen LogP contribution in [0.15, 0.2) is 48.5 Å². The number of piperazine rings is 1. The first-order valence-electron chi connectivity index (χ1n) is 8.68. The summed E-state index contributed by atoms with van der Waals surface area (Å²) in [6.45, 7) is 3.99. The van der Waals surface area contributed by atoms with Crippen LogP contribution in [-0.4, -0.2) is 50.2 Å². The Hall–Kier alpha value is -2.76. The molecule has 0 unspecified atom stereocenters. The Morgan fingerprint density at radius 1 is 1.00 bits per heavy atom. The van der Waals surface area contributed by atoms with E-state index in [9.17, 15) is 9.18 Å². The van der Waals surface area contributed by atoms with E-state index in [4.69, 9.17) is 9.47 Å². The molecular formula is C20H23FN2O3. The van der Waals surface area contributed by atoms with Gasteiger partial charge in [-0.05, 0) is 31.2 Å². The molecule has 3 rings (SSSR count). The molecule has 1 amide bonds. The Balaban J connectivity index is 1.59. The van der Waals surface area contributed by atoms with E-state index >= 15 is 0 Å². The second kappa shape index (κ2) is 8.08. The number of rotatable bonds is 5. The molecule has 0 aromatic heterocycles. The lowest BCUT2D eigenvalue weighted by molar-refractivity contribution is -0.138. The largest absolute Gasteiger partial charge is 0.493 e. The lowest BCUT2D eigenvalue weighted by atomic mass is 10.2. The molecule has 0 spiro atoms. The fourth-order valence-corrected chi connectivity index (χ4v) is 3.09. The fourth-order valence-electron chi connectivity index (χ4n) is 3.09. The summed E-state index contributed by atoms with van der Waals surface area (Å²) in [4.78, 5) is 16.4. The minimum absolute atomic E-state index is 0.0795. The van der Waals surface area contributed by atoms with Crippen molar-refractivity contribution < 1.29 is 18.7 Å². The highest BCUT2D eigenvalue weighted by atomic mass is 19.1. The van der Waals surface area contributed by atoms with E-state index in [2.05, 4.69) is 0 Å². The zero-order valence-corrected chi connectivity index (χ0v) is 15.0. The van der Waals surface area contributed by atoms with Gasteiger partial charge in [0, 0.05) is 26.2 Å². The molecular weight excluding hydrogens is 335 g/mol. The van der Waals surface area contributed by atoms with Crippen molar-refractivity contribution in [3.05, 3.63) is 54.3 Å². The SMILES string of the molecule is COc1ccccc1O[C@H](C)C(=O)N1CCN(c2ccccc2F)CC1. The van der Waals surface area contributed by atoms with Crippen molar-refractivity contribution in [3.8, 4) is 11.5 Å². The summed E-state index contributed by atoms with van der Waals surface area (Å²) in [6.07, 6.45) is -0.619. The van der Waals surface area contributed by atoms with Crippen molar-refractivity contribution in [2.24, 2.45) is 0 Å². The highest BCUT2D eigenvalue weighted by molar-refractivity contribution is 5.81. The fraction of sp³-hybridized carbons (Fsp3) is 0.350.